The molecule has 1 aromatic carbocycles. The first-order valence-electron chi connectivity index (χ1n) is 8.14. The first kappa shape index (κ1) is 21.0. The van der Waals surface area contributed by atoms with Gasteiger partial charge in [-0.1, -0.05) is 35.3 Å². The zero-order valence-electron chi connectivity index (χ0n) is 14.9. The first-order valence-corrected chi connectivity index (χ1v) is 12.5. The number of benzene rings is 1. The van der Waals surface area contributed by atoms with Gasteiger partial charge >= 0.3 is 0 Å². The normalized spacial score (nSPS) is 18.6. The Morgan fingerprint density at radius 3 is 2.54 bits per heavy atom. The highest BCUT2D eigenvalue weighted by Gasteiger charge is 2.43. The lowest BCUT2D eigenvalue weighted by atomic mass is 10.0. The van der Waals surface area contributed by atoms with Crippen LogP contribution in [0, 0.1) is 0 Å². The summed E-state index contributed by atoms with van der Waals surface area (Å²) in [5.74, 6) is -1.08. The van der Waals surface area contributed by atoms with Gasteiger partial charge < -0.3 is 0 Å². The molecule has 1 aliphatic rings. The average molecular weight is 463 g/mol. The summed E-state index contributed by atoms with van der Waals surface area (Å²) in [7, 11) is -7.68. The molecule has 0 N–H and O–H groups in total. The molecule has 28 heavy (non-hydrogen) atoms. The zero-order chi connectivity index (χ0) is 20.9. The fourth-order valence-electron chi connectivity index (χ4n) is 3.25. The van der Waals surface area contributed by atoms with E-state index in [9.17, 15) is 21.6 Å². The van der Waals surface area contributed by atoms with Gasteiger partial charge in [0, 0.05) is 12.7 Å². The maximum atomic E-state index is 13.0. The van der Waals surface area contributed by atoms with Gasteiger partial charge in [-0.25, -0.2) is 16.8 Å². The van der Waals surface area contributed by atoms with Crippen LogP contribution in [-0.2, 0) is 25.6 Å². The van der Waals surface area contributed by atoms with Crippen LogP contribution in [0.1, 0.15) is 33.8 Å². The Morgan fingerprint density at radius 1 is 1.25 bits per heavy atom. The lowest BCUT2D eigenvalue weighted by Gasteiger charge is -2.27. The molecule has 0 spiro atoms. The van der Waals surface area contributed by atoms with Gasteiger partial charge in [-0.2, -0.15) is 0 Å². The molecule has 2 heterocycles. The Balaban J connectivity index is 2.25. The number of carbonyl (C=O) groups excluding carboxylic acids is 1. The van der Waals surface area contributed by atoms with E-state index in [-0.39, 0.29) is 39.3 Å². The summed E-state index contributed by atoms with van der Waals surface area (Å²) < 4.78 is 50.9. The number of carbonyl (C=O) groups is 1. The molecule has 0 aliphatic carbocycles. The molecule has 1 atom stereocenters. The SMILES string of the molecule is CCN(c1c(Cl)ccc(C2C(=O)c3ncccc3CS2(=O)=O)c1Cl)S(C)(=O)=O. The van der Waals surface area contributed by atoms with Crippen LogP contribution in [-0.4, -0.2) is 40.4 Å². The van der Waals surface area contributed by atoms with Crippen molar-refractivity contribution in [2.75, 3.05) is 17.1 Å². The Bertz CT molecular complexity index is 1180. The van der Waals surface area contributed by atoms with Crippen molar-refractivity contribution in [2.24, 2.45) is 0 Å². The third kappa shape index (κ3) is 3.52. The Hall–Kier alpha value is -1.68. The van der Waals surface area contributed by atoms with Crippen LogP contribution in [0.15, 0.2) is 30.5 Å². The van der Waals surface area contributed by atoms with Crippen LogP contribution < -0.4 is 4.31 Å². The standard InChI is InChI=1S/C17H16Cl2N2O5S2/c1-3-21(27(2,23)24)15-12(18)7-6-11(13(15)19)17-16(22)14-10(5-4-8-20-14)9-28(17,25)26/h4-8,17H,3,9H2,1-2H3. The summed E-state index contributed by atoms with van der Waals surface area (Å²) in [4.78, 5) is 17.0. The van der Waals surface area contributed by atoms with E-state index in [1.807, 2.05) is 0 Å². The van der Waals surface area contributed by atoms with Crippen molar-refractivity contribution in [3.63, 3.8) is 0 Å². The van der Waals surface area contributed by atoms with Crippen molar-refractivity contribution in [2.45, 2.75) is 17.9 Å². The van der Waals surface area contributed by atoms with Crippen LogP contribution in [0.5, 0.6) is 0 Å². The number of rotatable bonds is 4. The van der Waals surface area contributed by atoms with Crippen molar-refractivity contribution < 1.29 is 21.6 Å². The second-order valence-electron chi connectivity index (χ2n) is 6.29. The van der Waals surface area contributed by atoms with Crippen LogP contribution in [0.3, 0.4) is 0 Å². The number of nitrogens with zero attached hydrogens (tertiary/aromatic N) is 2. The maximum absolute atomic E-state index is 13.0. The summed E-state index contributed by atoms with van der Waals surface area (Å²) in [6.07, 6.45) is 2.39. The third-order valence-electron chi connectivity index (χ3n) is 4.39. The zero-order valence-corrected chi connectivity index (χ0v) is 18.0. The molecular formula is C17H16Cl2N2O5S2. The number of ketones is 1. The summed E-state index contributed by atoms with van der Waals surface area (Å²) in [6, 6.07) is 5.76. The minimum atomic E-state index is -3.94. The van der Waals surface area contributed by atoms with Crippen LogP contribution in [0.2, 0.25) is 10.0 Å². The monoisotopic (exact) mass is 462 g/mol. The second-order valence-corrected chi connectivity index (χ2v) is 11.1. The molecule has 0 saturated heterocycles. The maximum Gasteiger partial charge on any atom is 0.232 e. The van der Waals surface area contributed by atoms with E-state index in [0.29, 0.717) is 5.56 Å². The number of sulfonamides is 1. The number of aromatic nitrogens is 1. The molecule has 11 heteroatoms. The number of sulfone groups is 1. The molecule has 2 aromatic rings. The van der Waals surface area contributed by atoms with E-state index < -0.39 is 30.9 Å². The molecule has 0 radical (unpaired) electrons. The number of Topliss-reactive ketones (excluding diaryl/α,β-unsaturated/α-hetero) is 1. The molecule has 1 aliphatic heterocycles. The molecule has 0 bridgehead atoms. The van der Waals surface area contributed by atoms with Gasteiger partial charge in [-0.15, -0.1) is 0 Å². The van der Waals surface area contributed by atoms with Gasteiger partial charge in [0.2, 0.25) is 15.8 Å². The summed E-state index contributed by atoms with van der Waals surface area (Å²) in [5.41, 5.74) is 0.302. The highest BCUT2D eigenvalue weighted by molar-refractivity contribution is 7.92. The van der Waals surface area contributed by atoms with E-state index >= 15 is 0 Å². The number of pyridine rings is 1. The highest BCUT2D eigenvalue weighted by atomic mass is 35.5. The topological polar surface area (TPSA) is 101 Å². The third-order valence-corrected chi connectivity index (χ3v) is 8.24. The van der Waals surface area contributed by atoms with Crippen molar-refractivity contribution in [1.29, 1.82) is 0 Å². The lowest BCUT2D eigenvalue weighted by molar-refractivity contribution is 0.0979. The van der Waals surface area contributed by atoms with Crippen molar-refractivity contribution in [3.8, 4) is 0 Å². The van der Waals surface area contributed by atoms with E-state index in [1.165, 1.54) is 24.4 Å². The van der Waals surface area contributed by atoms with E-state index in [1.54, 1.807) is 13.0 Å². The number of anilines is 1. The van der Waals surface area contributed by atoms with Crippen LogP contribution in [0.4, 0.5) is 5.69 Å². The Morgan fingerprint density at radius 2 is 1.93 bits per heavy atom. The van der Waals surface area contributed by atoms with E-state index in [4.69, 9.17) is 23.2 Å². The fourth-order valence-corrected chi connectivity index (χ4v) is 6.94. The molecule has 150 valence electrons. The van der Waals surface area contributed by atoms with Crippen molar-refractivity contribution in [3.05, 3.63) is 57.3 Å². The van der Waals surface area contributed by atoms with Gasteiger partial charge in [0.05, 0.1) is 27.7 Å². The fraction of sp³-hybridized carbons (Fsp3) is 0.294. The van der Waals surface area contributed by atoms with Crippen LogP contribution >= 0.6 is 23.2 Å². The predicted molar refractivity (Wildman–Crippen MR) is 108 cm³/mol. The molecule has 7 nitrogen and oxygen atoms in total. The molecular weight excluding hydrogens is 447 g/mol. The lowest BCUT2D eigenvalue weighted by Crippen LogP contribution is -2.32. The molecule has 0 amide bonds. The van der Waals surface area contributed by atoms with E-state index in [2.05, 4.69) is 4.98 Å². The number of hydrogen-bond donors (Lipinski definition) is 0. The number of fused-ring (bicyclic) bond motifs is 1. The second kappa shape index (κ2) is 7.29. The molecule has 1 aromatic heterocycles. The molecule has 3 rings (SSSR count). The average Bonchev–Trinajstić information content (AvgIpc) is 2.58. The van der Waals surface area contributed by atoms with Crippen molar-refractivity contribution in [1.82, 2.24) is 4.98 Å². The van der Waals surface area contributed by atoms with Gasteiger partial charge in [0.15, 0.2) is 15.1 Å². The van der Waals surface area contributed by atoms with E-state index in [0.717, 1.165) is 10.6 Å². The largest absolute Gasteiger partial charge is 0.291 e. The van der Waals surface area contributed by atoms with Gasteiger partial charge in [-0.05, 0) is 30.2 Å². The highest BCUT2D eigenvalue weighted by Crippen LogP contribution is 2.44. The summed E-state index contributed by atoms with van der Waals surface area (Å²) in [6.45, 7) is 1.61. The minimum Gasteiger partial charge on any atom is -0.291 e. The Labute approximate surface area is 173 Å². The summed E-state index contributed by atoms with van der Waals surface area (Å²) in [5, 5.41) is -1.75. The van der Waals surface area contributed by atoms with Gasteiger partial charge in [-0.3, -0.25) is 14.1 Å². The molecule has 0 fully saturated rings. The Kier molecular flexibility index (Phi) is 5.48. The predicted octanol–water partition coefficient (Wildman–Crippen LogP) is 3.03. The smallest absolute Gasteiger partial charge is 0.232 e. The first-order chi connectivity index (χ1) is 13.0. The minimum absolute atomic E-state index is 0.0236. The number of halogens is 2. The van der Waals surface area contributed by atoms with Crippen LogP contribution in [0.25, 0.3) is 0 Å². The number of hydrogen-bond acceptors (Lipinski definition) is 6. The van der Waals surface area contributed by atoms with Gasteiger partial charge in [0.1, 0.15) is 5.69 Å². The molecule has 0 saturated carbocycles. The van der Waals surface area contributed by atoms with Gasteiger partial charge in [0.25, 0.3) is 0 Å². The summed E-state index contributed by atoms with van der Waals surface area (Å²) >= 11 is 12.6. The molecule has 1 unspecified atom stereocenters. The van der Waals surface area contributed by atoms with Crippen molar-refractivity contribution >= 4 is 54.5 Å². The quantitative estimate of drug-likeness (QED) is 0.691.